The highest BCUT2D eigenvalue weighted by Crippen LogP contribution is 2.76. The van der Waals surface area contributed by atoms with Crippen LogP contribution < -0.4 is 0 Å². The van der Waals surface area contributed by atoms with Gasteiger partial charge in [-0.2, -0.15) is 0 Å². The van der Waals surface area contributed by atoms with Gasteiger partial charge in [-0.05, 0) is 126 Å². The first-order chi connectivity index (χ1) is 25.0. The standard InChI is InChI=1S/C45H68O9/c1-13-26(4)37(49)52-24-42(10)31-18-21-43(11)32(41(31,9)20-19-33(42)46)17-16-29-30-22-40(7,8)35(48)36(54-39(51)28(6)15-3)45(30,34(47)23-44(29,43)12)25-53-38(50)27(5)14-2/h13-16,30-36,46-48H,17-25H2,1-12H3/b26-13-,27-14-,28-15-/t30?,31?,32?,33-,34+,35-,36-,41-,42+,43+,44+,45-/m0/s1. The molecule has 4 saturated carbocycles. The predicted molar refractivity (Wildman–Crippen MR) is 208 cm³/mol. The number of rotatable bonds is 8. The van der Waals surface area contributed by atoms with Crippen LogP contribution in [0, 0.1) is 50.2 Å². The van der Waals surface area contributed by atoms with E-state index in [1.54, 1.807) is 52.8 Å². The van der Waals surface area contributed by atoms with Gasteiger partial charge >= 0.3 is 17.9 Å². The summed E-state index contributed by atoms with van der Waals surface area (Å²) in [5.41, 5.74) is -0.974. The number of esters is 3. The normalized spacial score (nSPS) is 43.4. The second-order valence-corrected chi connectivity index (χ2v) is 19.3. The Morgan fingerprint density at radius 1 is 0.741 bits per heavy atom. The molecule has 54 heavy (non-hydrogen) atoms. The summed E-state index contributed by atoms with van der Waals surface area (Å²) in [6, 6.07) is 0. The minimum absolute atomic E-state index is 0.105. The second kappa shape index (κ2) is 14.6. The summed E-state index contributed by atoms with van der Waals surface area (Å²) in [6.07, 6.45) is 8.28. The molecule has 5 aliphatic carbocycles. The van der Waals surface area contributed by atoms with Crippen molar-refractivity contribution in [3.8, 4) is 0 Å². The molecule has 3 N–H and O–H groups in total. The number of fused-ring (bicyclic) bond motifs is 7. The Kier molecular flexibility index (Phi) is 11.5. The fourth-order valence-corrected chi connectivity index (χ4v) is 12.2. The molecular weight excluding hydrogens is 684 g/mol. The van der Waals surface area contributed by atoms with E-state index in [2.05, 4.69) is 33.8 Å². The van der Waals surface area contributed by atoms with Gasteiger partial charge < -0.3 is 29.5 Å². The average molecular weight is 753 g/mol. The van der Waals surface area contributed by atoms with Crippen molar-refractivity contribution in [1.82, 2.24) is 0 Å². The molecule has 0 amide bonds. The van der Waals surface area contributed by atoms with Crippen LogP contribution in [0.25, 0.3) is 0 Å². The van der Waals surface area contributed by atoms with Crippen molar-refractivity contribution >= 4 is 17.9 Å². The molecule has 0 aromatic carbocycles. The van der Waals surface area contributed by atoms with Crippen molar-refractivity contribution in [3.05, 3.63) is 46.6 Å². The molecule has 3 unspecified atom stereocenters. The molecule has 0 radical (unpaired) electrons. The third kappa shape index (κ3) is 6.27. The predicted octanol–water partition coefficient (Wildman–Crippen LogP) is 7.58. The van der Waals surface area contributed by atoms with Gasteiger partial charge in [-0.3, -0.25) is 0 Å². The van der Waals surface area contributed by atoms with Crippen molar-refractivity contribution in [2.75, 3.05) is 13.2 Å². The number of hydrogen-bond donors (Lipinski definition) is 3. The lowest BCUT2D eigenvalue weighted by atomic mass is 9.33. The van der Waals surface area contributed by atoms with Gasteiger partial charge in [-0.25, -0.2) is 14.4 Å². The minimum atomic E-state index is -1.29. The second-order valence-electron chi connectivity index (χ2n) is 19.3. The minimum Gasteiger partial charge on any atom is -0.462 e. The summed E-state index contributed by atoms with van der Waals surface area (Å²) < 4.78 is 18.2. The first kappa shape index (κ1) is 42.4. The third-order valence-corrected chi connectivity index (χ3v) is 16.4. The van der Waals surface area contributed by atoms with Crippen molar-refractivity contribution in [3.63, 3.8) is 0 Å². The molecule has 0 bridgehead atoms. The Hall–Kier alpha value is -2.75. The van der Waals surface area contributed by atoms with E-state index in [9.17, 15) is 29.7 Å². The van der Waals surface area contributed by atoms with Crippen molar-refractivity contribution < 1.29 is 43.9 Å². The number of aliphatic hydroxyl groups is 3. The molecule has 9 heteroatoms. The van der Waals surface area contributed by atoms with E-state index in [1.165, 1.54) is 5.57 Å². The first-order valence-electron chi connectivity index (χ1n) is 20.2. The summed E-state index contributed by atoms with van der Waals surface area (Å²) in [4.78, 5) is 39.6. The number of carbonyl (C=O) groups is 3. The van der Waals surface area contributed by atoms with Gasteiger partial charge in [0.05, 0.1) is 30.3 Å². The van der Waals surface area contributed by atoms with E-state index in [1.807, 2.05) is 20.8 Å². The Morgan fingerprint density at radius 2 is 1.30 bits per heavy atom. The van der Waals surface area contributed by atoms with E-state index < -0.39 is 58.0 Å². The lowest BCUT2D eigenvalue weighted by Gasteiger charge is -2.72. The van der Waals surface area contributed by atoms with Crippen LogP contribution in [0.1, 0.15) is 128 Å². The van der Waals surface area contributed by atoms with Gasteiger partial charge in [-0.1, -0.05) is 71.4 Å². The van der Waals surface area contributed by atoms with E-state index in [0.717, 1.165) is 25.7 Å². The quantitative estimate of drug-likeness (QED) is 0.0991. The highest BCUT2D eigenvalue weighted by Gasteiger charge is 2.73. The van der Waals surface area contributed by atoms with Crippen LogP contribution in [0.4, 0.5) is 0 Å². The maximum atomic E-state index is 13.5. The SMILES string of the molecule is C/C=C(/C)C(=O)OC[C@@]12C(CC(C)(C)[C@@H](O)[C@@H]1OC(=O)/C(C)=C\C)C1=CCC3[C@@]4(C)CC[C@H](O)[C@](C)(COC(=O)/C(C)=C\C)C4CC[C@@]3(C)[C@]1(C)C[C@H]2O. The molecule has 0 aliphatic heterocycles. The van der Waals surface area contributed by atoms with Gasteiger partial charge in [0.25, 0.3) is 0 Å². The zero-order chi connectivity index (χ0) is 40.4. The van der Waals surface area contributed by atoms with E-state index >= 15 is 0 Å². The van der Waals surface area contributed by atoms with Crippen LogP contribution in [-0.2, 0) is 28.6 Å². The number of hydrogen-bond acceptors (Lipinski definition) is 9. The molecule has 302 valence electrons. The zero-order valence-corrected chi connectivity index (χ0v) is 35.0. The number of carbonyl (C=O) groups excluding carboxylic acids is 3. The third-order valence-electron chi connectivity index (χ3n) is 16.4. The van der Waals surface area contributed by atoms with Gasteiger partial charge in [0.15, 0.2) is 0 Å². The van der Waals surface area contributed by atoms with E-state index in [4.69, 9.17) is 14.2 Å². The Balaban J connectivity index is 1.62. The van der Waals surface area contributed by atoms with Crippen LogP contribution >= 0.6 is 0 Å². The molecule has 9 nitrogen and oxygen atoms in total. The highest BCUT2D eigenvalue weighted by molar-refractivity contribution is 5.88. The Morgan fingerprint density at radius 3 is 1.87 bits per heavy atom. The Bertz CT molecular complexity index is 1640. The largest absolute Gasteiger partial charge is 0.462 e. The summed E-state index contributed by atoms with van der Waals surface area (Å²) in [6.45, 7) is 23.5. The number of allylic oxidation sites excluding steroid dienone is 5. The van der Waals surface area contributed by atoms with E-state index in [0.29, 0.717) is 36.0 Å². The Labute approximate surface area is 323 Å². The topological polar surface area (TPSA) is 140 Å². The summed E-state index contributed by atoms with van der Waals surface area (Å²) in [5.74, 6) is -1.48. The zero-order valence-electron chi connectivity index (χ0n) is 35.0. The van der Waals surface area contributed by atoms with Crippen molar-refractivity contribution in [2.24, 2.45) is 50.2 Å². The van der Waals surface area contributed by atoms with Gasteiger partial charge in [-0.15, -0.1) is 0 Å². The lowest BCUT2D eigenvalue weighted by molar-refractivity contribution is -0.265. The molecule has 0 saturated heterocycles. The van der Waals surface area contributed by atoms with E-state index in [-0.39, 0.29) is 47.8 Å². The fourth-order valence-electron chi connectivity index (χ4n) is 12.2. The smallest absolute Gasteiger partial charge is 0.333 e. The molecule has 5 rings (SSSR count). The van der Waals surface area contributed by atoms with Crippen molar-refractivity contribution in [2.45, 2.75) is 152 Å². The number of aliphatic hydroxyl groups excluding tert-OH is 3. The van der Waals surface area contributed by atoms with Crippen LogP contribution in [0.15, 0.2) is 46.6 Å². The van der Waals surface area contributed by atoms with Gasteiger partial charge in [0, 0.05) is 22.1 Å². The van der Waals surface area contributed by atoms with Crippen LogP contribution in [0.5, 0.6) is 0 Å². The van der Waals surface area contributed by atoms with Gasteiger partial charge in [0.2, 0.25) is 0 Å². The maximum Gasteiger partial charge on any atom is 0.333 e. The molecular formula is C45H68O9. The van der Waals surface area contributed by atoms with Crippen LogP contribution in [-0.4, -0.2) is 70.9 Å². The lowest BCUT2D eigenvalue weighted by Crippen LogP contribution is -2.72. The molecule has 0 heterocycles. The summed E-state index contributed by atoms with van der Waals surface area (Å²) in [7, 11) is 0. The van der Waals surface area contributed by atoms with Crippen molar-refractivity contribution in [1.29, 1.82) is 0 Å². The number of ether oxygens (including phenoxy) is 3. The van der Waals surface area contributed by atoms with Gasteiger partial charge in [0.1, 0.15) is 12.7 Å². The van der Waals surface area contributed by atoms with Crippen LogP contribution in [0.3, 0.4) is 0 Å². The molecule has 0 aromatic rings. The molecule has 4 fully saturated rings. The molecule has 12 atom stereocenters. The summed E-state index contributed by atoms with van der Waals surface area (Å²) >= 11 is 0. The first-order valence-corrected chi connectivity index (χ1v) is 20.2. The molecule has 0 spiro atoms. The maximum absolute atomic E-state index is 13.5. The monoisotopic (exact) mass is 752 g/mol. The average Bonchev–Trinajstić information content (AvgIpc) is 3.12. The van der Waals surface area contributed by atoms with Crippen LogP contribution in [0.2, 0.25) is 0 Å². The fraction of sp³-hybridized carbons (Fsp3) is 0.756. The summed E-state index contributed by atoms with van der Waals surface area (Å²) in [5, 5.41) is 36.4. The molecule has 5 aliphatic rings. The molecule has 0 aromatic heterocycles. The highest BCUT2D eigenvalue weighted by atomic mass is 16.6.